The van der Waals surface area contributed by atoms with E-state index < -0.39 is 0 Å². The first-order valence-corrected chi connectivity index (χ1v) is 5.74. The Morgan fingerprint density at radius 2 is 2.29 bits per heavy atom. The van der Waals surface area contributed by atoms with Gasteiger partial charge in [-0.05, 0) is 38.0 Å². The number of primary amides is 1. The third-order valence-corrected chi connectivity index (χ3v) is 3.24. The largest absolute Gasteiger partial charge is 0.463 e. The predicted molar refractivity (Wildman–Crippen MR) is 63.7 cm³/mol. The third-order valence-electron chi connectivity index (χ3n) is 3.24. The Morgan fingerprint density at radius 1 is 1.53 bits per heavy atom. The number of furan rings is 1. The average Bonchev–Trinajstić information content (AvgIpc) is 2.86. The minimum atomic E-state index is -0.380. The molecular formula is C13H14N2O2. The molecule has 3 rings (SSSR count). The standard InChI is InChI=1S/C13H14N2O2/c1-8-10(13(14)16)7-11(12-3-2-6-17-12)15(8)9-4-5-9/h2-3,6-7,9H,4-5H2,1H3,(H2,14,16). The van der Waals surface area contributed by atoms with Crippen molar-refractivity contribution in [2.75, 3.05) is 0 Å². The Bertz CT molecular complexity index is 563. The Kier molecular flexibility index (Phi) is 2.11. The van der Waals surface area contributed by atoms with Crippen molar-refractivity contribution in [1.82, 2.24) is 4.57 Å². The van der Waals surface area contributed by atoms with E-state index in [1.54, 1.807) is 6.26 Å². The lowest BCUT2D eigenvalue weighted by atomic mass is 10.2. The van der Waals surface area contributed by atoms with E-state index in [2.05, 4.69) is 4.57 Å². The molecule has 0 unspecified atom stereocenters. The van der Waals surface area contributed by atoms with Crippen LogP contribution in [0.3, 0.4) is 0 Å². The van der Waals surface area contributed by atoms with Crippen LogP contribution in [0, 0.1) is 6.92 Å². The summed E-state index contributed by atoms with van der Waals surface area (Å²) in [6, 6.07) is 6.06. The molecule has 0 aromatic carbocycles. The summed E-state index contributed by atoms with van der Waals surface area (Å²) >= 11 is 0. The summed E-state index contributed by atoms with van der Waals surface area (Å²) in [6.45, 7) is 1.94. The molecule has 1 saturated carbocycles. The summed E-state index contributed by atoms with van der Waals surface area (Å²) in [5.74, 6) is 0.405. The summed E-state index contributed by atoms with van der Waals surface area (Å²) in [5, 5.41) is 0. The van der Waals surface area contributed by atoms with Crippen LogP contribution in [0.4, 0.5) is 0 Å². The number of nitrogens with two attached hydrogens (primary N) is 1. The highest BCUT2D eigenvalue weighted by atomic mass is 16.3. The van der Waals surface area contributed by atoms with Gasteiger partial charge in [0.1, 0.15) is 5.76 Å². The van der Waals surface area contributed by atoms with Gasteiger partial charge in [-0.3, -0.25) is 4.79 Å². The van der Waals surface area contributed by atoms with Crippen LogP contribution in [0.15, 0.2) is 28.9 Å². The van der Waals surface area contributed by atoms with Crippen molar-refractivity contribution in [2.24, 2.45) is 5.73 Å². The van der Waals surface area contributed by atoms with Gasteiger partial charge in [-0.25, -0.2) is 0 Å². The number of rotatable bonds is 3. The summed E-state index contributed by atoms with van der Waals surface area (Å²) in [6.07, 6.45) is 3.95. The van der Waals surface area contributed by atoms with Gasteiger partial charge in [0, 0.05) is 11.7 Å². The lowest BCUT2D eigenvalue weighted by molar-refractivity contribution is 0.0999. The Balaban J connectivity index is 2.19. The maximum atomic E-state index is 11.4. The molecule has 0 radical (unpaired) electrons. The highest BCUT2D eigenvalue weighted by molar-refractivity contribution is 5.95. The number of nitrogens with zero attached hydrogens (tertiary/aromatic N) is 1. The Labute approximate surface area is 99.0 Å². The van der Waals surface area contributed by atoms with Crippen LogP contribution in [-0.2, 0) is 0 Å². The molecule has 2 heterocycles. The monoisotopic (exact) mass is 230 g/mol. The Hall–Kier alpha value is -1.97. The SMILES string of the molecule is Cc1c(C(N)=O)cc(-c2ccco2)n1C1CC1. The van der Waals surface area contributed by atoms with E-state index in [0.717, 1.165) is 30.0 Å². The van der Waals surface area contributed by atoms with Gasteiger partial charge in [0.2, 0.25) is 0 Å². The first-order valence-electron chi connectivity index (χ1n) is 5.74. The topological polar surface area (TPSA) is 61.2 Å². The fourth-order valence-electron chi connectivity index (χ4n) is 2.29. The average molecular weight is 230 g/mol. The van der Waals surface area contributed by atoms with E-state index in [4.69, 9.17) is 10.2 Å². The lowest BCUT2D eigenvalue weighted by Gasteiger charge is -2.08. The Morgan fingerprint density at radius 3 is 2.82 bits per heavy atom. The number of hydrogen-bond acceptors (Lipinski definition) is 2. The van der Waals surface area contributed by atoms with Crippen LogP contribution in [-0.4, -0.2) is 10.5 Å². The van der Waals surface area contributed by atoms with Gasteiger partial charge in [-0.1, -0.05) is 0 Å². The van der Waals surface area contributed by atoms with Gasteiger partial charge in [-0.15, -0.1) is 0 Å². The van der Waals surface area contributed by atoms with Crippen LogP contribution in [0.1, 0.15) is 34.9 Å². The number of amides is 1. The highest BCUT2D eigenvalue weighted by Crippen LogP contribution is 2.41. The molecule has 2 aromatic rings. The number of carbonyl (C=O) groups excluding carboxylic acids is 1. The molecule has 0 spiro atoms. The maximum absolute atomic E-state index is 11.4. The predicted octanol–water partition coefficient (Wildman–Crippen LogP) is 2.49. The summed E-state index contributed by atoms with van der Waals surface area (Å²) in [7, 11) is 0. The molecule has 1 fully saturated rings. The normalized spacial score (nSPS) is 15.1. The lowest BCUT2D eigenvalue weighted by Crippen LogP contribution is -2.12. The van der Waals surface area contributed by atoms with Gasteiger partial charge in [0.25, 0.3) is 5.91 Å². The van der Waals surface area contributed by atoms with E-state index in [1.807, 2.05) is 25.1 Å². The molecule has 0 atom stereocenters. The van der Waals surface area contributed by atoms with Gasteiger partial charge in [0.15, 0.2) is 0 Å². The van der Waals surface area contributed by atoms with Crippen molar-refractivity contribution in [2.45, 2.75) is 25.8 Å². The van der Waals surface area contributed by atoms with Gasteiger partial charge < -0.3 is 14.7 Å². The van der Waals surface area contributed by atoms with Crippen LogP contribution >= 0.6 is 0 Å². The molecular weight excluding hydrogens is 216 g/mol. The molecule has 2 N–H and O–H groups in total. The zero-order valence-electron chi connectivity index (χ0n) is 9.64. The number of carbonyl (C=O) groups is 1. The first-order chi connectivity index (χ1) is 8.18. The molecule has 4 nitrogen and oxygen atoms in total. The molecule has 17 heavy (non-hydrogen) atoms. The first kappa shape index (κ1) is 10.2. The fraction of sp³-hybridized carbons (Fsp3) is 0.308. The van der Waals surface area contributed by atoms with E-state index in [9.17, 15) is 4.79 Å². The second kappa shape index (κ2) is 3.52. The van der Waals surface area contributed by atoms with E-state index in [1.165, 1.54) is 0 Å². The molecule has 0 bridgehead atoms. The van der Waals surface area contributed by atoms with Crippen molar-refractivity contribution >= 4 is 5.91 Å². The van der Waals surface area contributed by atoms with Crippen LogP contribution in [0.5, 0.6) is 0 Å². The van der Waals surface area contributed by atoms with Crippen LogP contribution in [0.2, 0.25) is 0 Å². The second-order valence-electron chi connectivity index (χ2n) is 4.47. The zero-order valence-corrected chi connectivity index (χ0v) is 9.64. The minimum Gasteiger partial charge on any atom is -0.463 e. The number of aromatic nitrogens is 1. The molecule has 4 heteroatoms. The van der Waals surface area contributed by atoms with Crippen LogP contribution in [0.25, 0.3) is 11.5 Å². The van der Waals surface area contributed by atoms with Crippen molar-refractivity contribution in [3.63, 3.8) is 0 Å². The van der Waals surface area contributed by atoms with Crippen molar-refractivity contribution in [3.05, 3.63) is 35.7 Å². The highest BCUT2D eigenvalue weighted by Gasteiger charge is 2.30. The van der Waals surface area contributed by atoms with E-state index in [0.29, 0.717) is 11.6 Å². The van der Waals surface area contributed by atoms with Gasteiger partial charge in [-0.2, -0.15) is 0 Å². The molecule has 2 aromatic heterocycles. The molecule has 1 aliphatic rings. The van der Waals surface area contributed by atoms with Crippen molar-refractivity contribution in [1.29, 1.82) is 0 Å². The maximum Gasteiger partial charge on any atom is 0.250 e. The summed E-state index contributed by atoms with van der Waals surface area (Å²) in [5.41, 5.74) is 7.86. The smallest absolute Gasteiger partial charge is 0.250 e. The summed E-state index contributed by atoms with van der Waals surface area (Å²) in [4.78, 5) is 11.4. The van der Waals surface area contributed by atoms with E-state index >= 15 is 0 Å². The molecule has 1 amide bonds. The van der Waals surface area contributed by atoms with Gasteiger partial charge in [0.05, 0.1) is 17.5 Å². The second-order valence-corrected chi connectivity index (χ2v) is 4.47. The molecule has 1 aliphatic carbocycles. The minimum absolute atomic E-state index is 0.380. The quantitative estimate of drug-likeness (QED) is 0.880. The molecule has 0 aliphatic heterocycles. The van der Waals surface area contributed by atoms with Crippen molar-refractivity contribution in [3.8, 4) is 11.5 Å². The van der Waals surface area contributed by atoms with Crippen molar-refractivity contribution < 1.29 is 9.21 Å². The summed E-state index contributed by atoms with van der Waals surface area (Å²) < 4.78 is 7.58. The molecule has 0 saturated heterocycles. The van der Waals surface area contributed by atoms with Gasteiger partial charge >= 0.3 is 0 Å². The number of hydrogen-bond donors (Lipinski definition) is 1. The zero-order chi connectivity index (χ0) is 12.0. The third kappa shape index (κ3) is 1.56. The van der Waals surface area contributed by atoms with E-state index in [-0.39, 0.29) is 5.91 Å². The van der Waals surface area contributed by atoms with Crippen LogP contribution < -0.4 is 5.73 Å². The fourth-order valence-corrected chi connectivity index (χ4v) is 2.29. The molecule has 88 valence electrons.